The van der Waals surface area contributed by atoms with Crippen molar-refractivity contribution < 1.29 is 39.1 Å². The van der Waals surface area contributed by atoms with Gasteiger partial charge in [0.2, 0.25) is 5.91 Å². The number of aliphatic hydroxyl groups excluding tert-OH is 5. The van der Waals surface area contributed by atoms with E-state index in [0.29, 0.717) is 0 Å². The zero-order chi connectivity index (χ0) is 21.9. The standard InChI is InChI=1S/C17H21F2N3O7/c1-6(24)20-14(16(28)15(27)13(26)5-23)12(25)4-11-17(29)22-10-3-8(19)7(18)2-9(10)21-11/h2-3,12-16,23,25-28H,4-5H2,1H3,(H,20,24)(H,22,29)/t12-,13-,14?,15?,16?/m1/s1. The van der Waals surface area contributed by atoms with E-state index in [4.69, 9.17) is 5.11 Å². The minimum Gasteiger partial charge on any atom is -0.394 e. The maximum atomic E-state index is 13.4. The van der Waals surface area contributed by atoms with Crippen LogP contribution in [-0.2, 0) is 11.2 Å². The number of halogens is 2. The Labute approximate surface area is 162 Å². The first-order valence-corrected chi connectivity index (χ1v) is 8.53. The van der Waals surface area contributed by atoms with E-state index in [9.17, 15) is 38.8 Å². The number of carbonyl (C=O) groups is 1. The molecule has 12 heteroatoms. The van der Waals surface area contributed by atoms with Gasteiger partial charge in [-0.1, -0.05) is 0 Å². The summed E-state index contributed by atoms with van der Waals surface area (Å²) in [6, 6.07) is -0.0566. The van der Waals surface area contributed by atoms with E-state index in [-0.39, 0.29) is 16.7 Å². The molecule has 0 aliphatic rings. The molecule has 1 aromatic carbocycles. The number of hydrogen-bond donors (Lipinski definition) is 7. The zero-order valence-electron chi connectivity index (χ0n) is 15.2. The summed E-state index contributed by atoms with van der Waals surface area (Å²) in [7, 11) is 0. The second-order valence-electron chi connectivity index (χ2n) is 6.52. The SMILES string of the molecule is CC(=O)NC(C(O)C(O)[C@H](O)CO)[C@H](O)Cc1nc2cc(F)c(F)cc2[nH]c1=O. The van der Waals surface area contributed by atoms with Crippen LogP contribution >= 0.6 is 0 Å². The summed E-state index contributed by atoms with van der Waals surface area (Å²) in [5.41, 5.74) is -1.31. The number of rotatable bonds is 8. The van der Waals surface area contributed by atoms with Crippen molar-refractivity contribution in [2.45, 2.75) is 43.8 Å². The topological polar surface area (TPSA) is 176 Å². The molecule has 1 aromatic heterocycles. The first-order chi connectivity index (χ1) is 13.5. The molecule has 1 heterocycles. The Kier molecular flexibility index (Phi) is 7.32. The van der Waals surface area contributed by atoms with Gasteiger partial charge in [0.15, 0.2) is 11.6 Å². The smallest absolute Gasteiger partial charge is 0.270 e. The second kappa shape index (κ2) is 9.33. The number of fused-ring (bicyclic) bond motifs is 1. The molecule has 0 fully saturated rings. The van der Waals surface area contributed by atoms with Crippen LogP contribution in [-0.4, -0.2) is 78.5 Å². The molecule has 2 aromatic rings. The van der Waals surface area contributed by atoms with Crippen LogP contribution in [0.2, 0.25) is 0 Å². The van der Waals surface area contributed by atoms with Gasteiger partial charge in [-0.2, -0.15) is 0 Å². The molecule has 0 spiro atoms. The third-order valence-corrected chi connectivity index (χ3v) is 4.29. The molecule has 5 atom stereocenters. The van der Waals surface area contributed by atoms with Gasteiger partial charge in [0.1, 0.15) is 24.0 Å². The minimum absolute atomic E-state index is 0.0768. The Hall–Kier alpha value is -2.51. The quantitative estimate of drug-likeness (QED) is 0.250. The fraction of sp³-hybridized carbons (Fsp3) is 0.471. The van der Waals surface area contributed by atoms with Crippen LogP contribution in [0.15, 0.2) is 16.9 Å². The normalized spacial score (nSPS) is 16.8. The Morgan fingerprint density at radius 2 is 1.76 bits per heavy atom. The van der Waals surface area contributed by atoms with Gasteiger partial charge in [-0.25, -0.2) is 13.8 Å². The minimum atomic E-state index is -1.92. The van der Waals surface area contributed by atoms with Crippen molar-refractivity contribution >= 4 is 16.9 Å². The van der Waals surface area contributed by atoms with E-state index >= 15 is 0 Å². The number of aromatic nitrogens is 2. The van der Waals surface area contributed by atoms with E-state index in [1.54, 1.807) is 0 Å². The highest BCUT2D eigenvalue weighted by Gasteiger charge is 2.36. The largest absolute Gasteiger partial charge is 0.394 e. The van der Waals surface area contributed by atoms with Crippen LogP contribution in [0, 0.1) is 11.6 Å². The summed E-state index contributed by atoms with van der Waals surface area (Å²) in [5, 5.41) is 51.0. The van der Waals surface area contributed by atoms with Crippen molar-refractivity contribution in [2.24, 2.45) is 0 Å². The molecule has 3 unspecified atom stereocenters. The Morgan fingerprint density at radius 3 is 2.34 bits per heavy atom. The third kappa shape index (κ3) is 5.31. The number of aliphatic hydroxyl groups is 5. The van der Waals surface area contributed by atoms with Gasteiger partial charge < -0.3 is 35.8 Å². The maximum absolute atomic E-state index is 13.4. The Bertz CT molecular complexity index is 939. The van der Waals surface area contributed by atoms with E-state index in [1.807, 2.05) is 0 Å². The van der Waals surface area contributed by atoms with E-state index in [0.717, 1.165) is 19.1 Å². The molecular formula is C17H21F2N3O7. The highest BCUT2D eigenvalue weighted by Crippen LogP contribution is 2.16. The number of carbonyl (C=O) groups excluding carboxylic acids is 1. The molecule has 29 heavy (non-hydrogen) atoms. The molecule has 160 valence electrons. The van der Waals surface area contributed by atoms with Crippen molar-refractivity contribution in [3.8, 4) is 0 Å². The number of H-pyrrole nitrogens is 1. The summed E-state index contributed by atoms with van der Waals surface area (Å²) >= 11 is 0. The lowest BCUT2D eigenvalue weighted by Crippen LogP contribution is -2.57. The fourth-order valence-corrected chi connectivity index (χ4v) is 2.77. The summed E-state index contributed by atoms with van der Waals surface area (Å²) in [5.74, 6) is -3.08. The number of amides is 1. The lowest BCUT2D eigenvalue weighted by molar-refractivity contribution is -0.127. The molecule has 7 N–H and O–H groups in total. The molecular weight excluding hydrogens is 396 g/mol. The lowest BCUT2D eigenvalue weighted by atomic mass is 9.94. The molecule has 10 nitrogen and oxygen atoms in total. The molecule has 0 saturated carbocycles. The predicted octanol–water partition coefficient (Wildman–Crippen LogP) is -2.32. The van der Waals surface area contributed by atoms with Crippen LogP contribution in [0.25, 0.3) is 11.0 Å². The number of benzene rings is 1. The molecule has 0 bridgehead atoms. The first-order valence-electron chi connectivity index (χ1n) is 8.53. The molecule has 0 aliphatic heterocycles. The summed E-state index contributed by atoms with van der Waals surface area (Å²) in [6.07, 6.45) is -7.82. The van der Waals surface area contributed by atoms with Gasteiger partial charge in [-0.15, -0.1) is 0 Å². The van der Waals surface area contributed by atoms with Crippen molar-refractivity contribution in [2.75, 3.05) is 6.61 Å². The van der Waals surface area contributed by atoms with Crippen LogP contribution in [0.1, 0.15) is 12.6 Å². The number of nitrogens with one attached hydrogen (secondary N) is 2. The number of aromatic amines is 1. The number of nitrogens with zero attached hydrogens (tertiary/aromatic N) is 1. The van der Waals surface area contributed by atoms with Crippen molar-refractivity contribution in [3.63, 3.8) is 0 Å². The molecule has 0 radical (unpaired) electrons. The van der Waals surface area contributed by atoms with Gasteiger partial charge >= 0.3 is 0 Å². The second-order valence-corrected chi connectivity index (χ2v) is 6.52. The van der Waals surface area contributed by atoms with Gasteiger partial charge in [0, 0.05) is 25.5 Å². The summed E-state index contributed by atoms with van der Waals surface area (Å²) in [6.45, 7) is 0.175. The Morgan fingerprint density at radius 1 is 1.14 bits per heavy atom. The van der Waals surface area contributed by atoms with Crippen molar-refractivity contribution in [1.82, 2.24) is 15.3 Å². The zero-order valence-corrected chi connectivity index (χ0v) is 15.2. The van der Waals surface area contributed by atoms with Gasteiger partial charge in [0.25, 0.3) is 5.56 Å². The highest BCUT2D eigenvalue weighted by atomic mass is 19.2. The maximum Gasteiger partial charge on any atom is 0.270 e. The molecule has 0 saturated heterocycles. The average Bonchev–Trinajstić information content (AvgIpc) is 2.66. The average molecular weight is 417 g/mol. The van der Waals surface area contributed by atoms with Gasteiger partial charge in [0.05, 0.1) is 29.8 Å². The highest BCUT2D eigenvalue weighted by molar-refractivity contribution is 5.74. The van der Waals surface area contributed by atoms with E-state index in [1.165, 1.54) is 0 Å². The molecule has 1 amide bonds. The first kappa shape index (κ1) is 22.8. The van der Waals surface area contributed by atoms with E-state index in [2.05, 4.69) is 15.3 Å². The molecule has 0 aliphatic carbocycles. The number of hydrogen-bond acceptors (Lipinski definition) is 8. The Balaban J connectivity index is 2.33. The van der Waals surface area contributed by atoms with Crippen molar-refractivity contribution in [1.29, 1.82) is 0 Å². The predicted molar refractivity (Wildman–Crippen MR) is 94.7 cm³/mol. The summed E-state index contributed by atoms with van der Waals surface area (Å²) < 4.78 is 26.7. The monoisotopic (exact) mass is 417 g/mol. The van der Waals surface area contributed by atoms with E-state index < -0.39 is 66.6 Å². The van der Waals surface area contributed by atoms with Crippen molar-refractivity contribution in [3.05, 3.63) is 39.8 Å². The third-order valence-electron chi connectivity index (χ3n) is 4.29. The van der Waals surface area contributed by atoms with Crippen LogP contribution in [0.4, 0.5) is 8.78 Å². The van der Waals surface area contributed by atoms with Crippen LogP contribution in [0.3, 0.4) is 0 Å². The summed E-state index contributed by atoms with van der Waals surface area (Å²) in [4.78, 5) is 29.7. The fourth-order valence-electron chi connectivity index (χ4n) is 2.77. The van der Waals surface area contributed by atoms with Crippen LogP contribution < -0.4 is 10.9 Å². The van der Waals surface area contributed by atoms with Gasteiger partial charge in [-0.3, -0.25) is 9.59 Å². The molecule has 2 rings (SSSR count). The van der Waals surface area contributed by atoms with Crippen LogP contribution in [0.5, 0.6) is 0 Å². The lowest BCUT2D eigenvalue weighted by Gasteiger charge is -2.32. The van der Waals surface area contributed by atoms with Gasteiger partial charge in [-0.05, 0) is 0 Å².